The molecule has 9 heteroatoms. The van der Waals surface area contributed by atoms with Gasteiger partial charge >= 0.3 is 6.16 Å². The molecule has 0 unspecified atom stereocenters. The minimum absolute atomic E-state index is 0.111. The number of aryl methyl sites for hydroxylation is 1. The standard InChI is InChI=1S/C17H18N2O6S/c1-12-4-7-14(8-5-12)26(21,22)19-18-11-13-6-9-15(16(10-13)23-2)25-17(20)24-3/h4-11,19H,1-3H3/b18-11-. The van der Waals surface area contributed by atoms with Gasteiger partial charge in [0, 0.05) is 0 Å². The second-order valence-corrected chi connectivity index (χ2v) is 6.79. The summed E-state index contributed by atoms with van der Waals surface area (Å²) in [6, 6.07) is 11.0. The first-order chi connectivity index (χ1) is 12.4. The van der Waals surface area contributed by atoms with Gasteiger partial charge in [0.15, 0.2) is 11.5 Å². The van der Waals surface area contributed by atoms with E-state index in [1.807, 2.05) is 6.92 Å². The monoisotopic (exact) mass is 378 g/mol. The maximum absolute atomic E-state index is 12.1. The van der Waals surface area contributed by atoms with Gasteiger partial charge in [0.25, 0.3) is 10.0 Å². The number of rotatable bonds is 6. The lowest BCUT2D eigenvalue weighted by Crippen LogP contribution is -2.18. The van der Waals surface area contributed by atoms with Crippen molar-refractivity contribution in [3.63, 3.8) is 0 Å². The van der Waals surface area contributed by atoms with Crippen molar-refractivity contribution in [2.24, 2.45) is 5.10 Å². The Kier molecular flexibility index (Phi) is 6.18. The highest BCUT2D eigenvalue weighted by atomic mass is 32.2. The van der Waals surface area contributed by atoms with Gasteiger partial charge in [0.05, 0.1) is 25.3 Å². The molecule has 0 saturated heterocycles. The fraction of sp³-hybridized carbons (Fsp3) is 0.176. The van der Waals surface area contributed by atoms with Gasteiger partial charge in [-0.25, -0.2) is 9.63 Å². The molecule has 2 rings (SSSR count). The molecular weight excluding hydrogens is 360 g/mol. The second kappa shape index (κ2) is 8.34. The first-order valence-electron chi connectivity index (χ1n) is 7.41. The van der Waals surface area contributed by atoms with E-state index in [1.54, 1.807) is 18.2 Å². The van der Waals surface area contributed by atoms with Crippen LogP contribution in [0.1, 0.15) is 11.1 Å². The van der Waals surface area contributed by atoms with Gasteiger partial charge in [0.1, 0.15) is 0 Å². The van der Waals surface area contributed by atoms with E-state index in [-0.39, 0.29) is 16.4 Å². The number of methoxy groups -OCH3 is 2. The van der Waals surface area contributed by atoms with E-state index < -0.39 is 16.2 Å². The maximum Gasteiger partial charge on any atom is 0.513 e. The fourth-order valence-corrected chi connectivity index (χ4v) is 2.71. The highest BCUT2D eigenvalue weighted by Crippen LogP contribution is 2.27. The Bertz CT molecular complexity index is 907. The number of sulfonamides is 1. The predicted octanol–water partition coefficient (Wildman–Crippen LogP) is 2.46. The van der Waals surface area contributed by atoms with Crippen molar-refractivity contribution in [3.05, 3.63) is 53.6 Å². The summed E-state index contributed by atoms with van der Waals surface area (Å²) >= 11 is 0. The molecule has 0 bridgehead atoms. The number of ether oxygens (including phenoxy) is 3. The number of hydrazone groups is 1. The summed E-state index contributed by atoms with van der Waals surface area (Å²) in [6.07, 6.45) is 0.423. The first-order valence-corrected chi connectivity index (χ1v) is 8.89. The van der Waals surface area contributed by atoms with Crippen LogP contribution in [-0.4, -0.2) is 35.0 Å². The van der Waals surface area contributed by atoms with Gasteiger partial charge in [-0.15, -0.1) is 0 Å². The average Bonchev–Trinajstić information content (AvgIpc) is 2.62. The van der Waals surface area contributed by atoms with Crippen LogP contribution in [0.4, 0.5) is 4.79 Å². The Labute approximate surface area is 151 Å². The Morgan fingerprint density at radius 3 is 2.38 bits per heavy atom. The number of nitrogens with one attached hydrogen (secondary N) is 1. The second-order valence-electron chi connectivity index (χ2n) is 5.13. The zero-order valence-electron chi connectivity index (χ0n) is 14.4. The van der Waals surface area contributed by atoms with Crippen molar-refractivity contribution in [1.29, 1.82) is 0 Å². The molecule has 0 radical (unpaired) electrons. The highest BCUT2D eigenvalue weighted by molar-refractivity contribution is 7.89. The van der Waals surface area contributed by atoms with E-state index >= 15 is 0 Å². The van der Waals surface area contributed by atoms with E-state index in [0.29, 0.717) is 5.56 Å². The summed E-state index contributed by atoms with van der Waals surface area (Å²) in [4.78, 5) is 13.4. The minimum atomic E-state index is -3.76. The Hall–Kier alpha value is -3.07. The maximum atomic E-state index is 12.1. The summed E-state index contributed by atoms with van der Waals surface area (Å²) in [5.74, 6) is 0.428. The summed E-state index contributed by atoms with van der Waals surface area (Å²) in [7, 11) is -1.16. The molecular formula is C17H18N2O6S. The van der Waals surface area contributed by atoms with Crippen LogP contribution in [0, 0.1) is 6.92 Å². The zero-order chi connectivity index (χ0) is 19.2. The first kappa shape index (κ1) is 19.3. The smallest absolute Gasteiger partial charge is 0.493 e. The van der Waals surface area contributed by atoms with Crippen LogP contribution in [0.15, 0.2) is 52.5 Å². The predicted molar refractivity (Wildman–Crippen MR) is 95.1 cm³/mol. The molecule has 26 heavy (non-hydrogen) atoms. The molecule has 0 fully saturated rings. The fourth-order valence-electron chi connectivity index (χ4n) is 1.92. The summed E-state index contributed by atoms with van der Waals surface area (Å²) in [6.45, 7) is 1.86. The van der Waals surface area contributed by atoms with Crippen LogP contribution in [0.25, 0.3) is 0 Å². The zero-order valence-corrected chi connectivity index (χ0v) is 15.2. The van der Waals surface area contributed by atoms with E-state index in [1.165, 1.54) is 44.7 Å². The third-order valence-electron chi connectivity index (χ3n) is 3.27. The van der Waals surface area contributed by atoms with Crippen LogP contribution in [0.3, 0.4) is 0 Å². The average molecular weight is 378 g/mol. The van der Waals surface area contributed by atoms with Gasteiger partial charge in [-0.05, 0) is 42.8 Å². The molecule has 2 aromatic carbocycles. The van der Waals surface area contributed by atoms with Gasteiger partial charge in [0.2, 0.25) is 0 Å². The molecule has 0 heterocycles. The SMILES string of the molecule is COC(=O)Oc1ccc(/C=N\NS(=O)(=O)c2ccc(C)cc2)cc1OC. The highest BCUT2D eigenvalue weighted by Gasteiger charge is 2.12. The Morgan fingerprint density at radius 1 is 1.08 bits per heavy atom. The van der Waals surface area contributed by atoms with E-state index in [9.17, 15) is 13.2 Å². The molecule has 0 amide bonds. The van der Waals surface area contributed by atoms with Crippen molar-refractivity contribution < 1.29 is 27.4 Å². The molecule has 0 aliphatic carbocycles. The molecule has 0 aliphatic rings. The van der Waals surface area contributed by atoms with Gasteiger partial charge in [-0.1, -0.05) is 17.7 Å². The van der Waals surface area contributed by atoms with Crippen LogP contribution in [-0.2, 0) is 14.8 Å². The van der Waals surface area contributed by atoms with E-state index in [4.69, 9.17) is 9.47 Å². The molecule has 0 aliphatic heterocycles. The van der Waals surface area contributed by atoms with Crippen LogP contribution < -0.4 is 14.3 Å². The number of carbonyl (C=O) groups is 1. The van der Waals surface area contributed by atoms with Crippen LogP contribution in [0.5, 0.6) is 11.5 Å². The minimum Gasteiger partial charge on any atom is -0.493 e. The van der Waals surface area contributed by atoms with E-state index in [2.05, 4.69) is 14.7 Å². The number of benzene rings is 2. The van der Waals surface area contributed by atoms with Crippen molar-refractivity contribution in [2.75, 3.05) is 14.2 Å². The summed E-state index contributed by atoms with van der Waals surface area (Å²) in [5, 5.41) is 3.74. The summed E-state index contributed by atoms with van der Waals surface area (Å²) < 4.78 is 38.8. The van der Waals surface area contributed by atoms with Crippen molar-refractivity contribution >= 4 is 22.4 Å². The molecule has 138 valence electrons. The summed E-state index contributed by atoms with van der Waals surface area (Å²) in [5.41, 5.74) is 1.49. The van der Waals surface area contributed by atoms with Gasteiger partial charge < -0.3 is 14.2 Å². The lowest BCUT2D eigenvalue weighted by molar-refractivity contribution is 0.120. The lowest BCUT2D eigenvalue weighted by atomic mass is 10.2. The van der Waals surface area contributed by atoms with Gasteiger partial charge in [-0.3, -0.25) is 0 Å². The third-order valence-corrected chi connectivity index (χ3v) is 4.50. The number of hydrogen-bond donors (Lipinski definition) is 1. The molecule has 0 spiro atoms. The van der Waals surface area contributed by atoms with Crippen LogP contribution >= 0.6 is 0 Å². The number of hydrogen-bond acceptors (Lipinski definition) is 7. The Morgan fingerprint density at radius 2 is 1.77 bits per heavy atom. The van der Waals surface area contributed by atoms with Crippen LogP contribution in [0.2, 0.25) is 0 Å². The van der Waals surface area contributed by atoms with Crippen molar-refractivity contribution in [1.82, 2.24) is 4.83 Å². The largest absolute Gasteiger partial charge is 0.513 e. The van der Waals surface area contributed by atoms with E-state index in [0.717, 1.165) is 5.56 Å². The molecule has 2 aromatic rings. The number of carbonyl (C=O) groups excluding carboxylic acids is 1. The molecule has 0 saturated carbocycles. The molecule has 0 aromatic heterocycles. The topological polar surface area (TPSA) is 103 Å². The van der Waals surface area contributed by atoms with Crippen molar-refractivity contribution in [3.8, 4) is 11.5 Å². The van der Waals surface area contributed by atoms with Crippen molar-refractivity contribution in [2.45, 2.75) is 11.8 Å². The van der Waals surface area contributed by atoms with Gasteiger partial charge in [-0.2, -0.15) is 13.5 Å². The normalized spacial score (nSPS) is 11.2. The quantitative estimate of drug-likeness (QED) is 0.358. The molecule has 0 atom stereocenters. The Balaban J connectivity index is 2.12. The third kappa shape index (κ3) is 4.96. The lowest BCUT2D eigenvalue weighted by Gasteiger charge is -2.08. The molecule has 1 N–H and O–H groups in total. The number of nitrogens with zero attached hydrogens (tertiary/aromatic N) is 1. The molecule has 8 nitrogen and oxygen atoms in total.